The van der Waals surface area contributed by atoms with Crippen molar-refractivity contribution in [2.45, 2.75) is 80.6 Å². The van der Waals surface area contributed by atoms with E-state index in [-0.39, 0.29) is 0 Å². The summed E-state index contributed by atoms with van der Waals surface area (Å²) < 4.78 is 0. The lowest BCUT2D eigenvalue weighted by atomic mass is 10.2. The van der Waals surface area contributed by atoms with E-state index in [9.17, 15) is 0 Å². The van der Waals surface area contributed by atoms with Crippen molar-refractivity contribution in [2.24, 2.45) is 0 Å². The molecule has 0 aromatic heterocycles. The second-order valence-corrected chi connectivity index (χ2v) is 4.71. The van der Waals surface area contributed by atoms with Crippen LogP contribution >= 0.6 is 0 Å². The van der Waals surface area contributed by atoms with Crippen molar-refractivity contribution in [3.8, 4) is 0 Å². The van der Waals surface area contributed by atoms with Gasteiger partial charge in [0.2, 0.25) is 0 Å². The van der Waals surface area contributed by atoms with Crippen molar-refractivity contribution in [2.75, 3.05) is 0 Å². The molecular formula is C18H36. The number of rotatable bonds is 5. The van der Waals surface area contributed by atoms with E-state index >= 15 is 0 Å². The summed E-state index contributed by atoms with van der Waals surface area (Å²) in [4.78, 5) is 0. The molecule has 0 fully saturated rings. The quantitative estimate of drug-likeness (QED) is 0.458. The Kier molecular flexibility index (Phi) is 26.8. The molecule has 0 atom stereocenters. The van der Waals surface area contributed by atoms with E-state index < -0.39 is 0 Å². The Labute approximate surface area is 117 Å². The number of unbranched alkanes of at least 4 members (excludes halogenated alkanes) is 3. The third-order valence-corrected chi connectivity index (χ3v) is 2.21. The smallest absolute Gasteiger partial charge is 0.0398 e. The Morgan fingerprint density at radius 3 is 1.39 bits per heavy atom. The molecule has 0 aliphatic rings. The van der Waals surface area contributed by atoms with Crippen molar-refractivity contribution >= 4 is 0 Å². The van der Waals surface area contributed by atoms with Crippen molar-refractivity contribution in [1.29, 1.82) is 0 Å². The number of hydrogen-bond acceptors (Lipinski definition) is 0. The van der Waals surface area contributed by atoms with Gasteiger partial charge in [0, 0.05) is 0 Å². The second kappa shape index (κ2) is 21.5. The van der Waals surface area contributed by atoms with Crippen LogP contribution in [0.3, 0.4) is 0 Å². The van der Waals surface area contributed by atoms with Crippen molar-refractivity contribution in [3.63, 3.8) is 0 Å². The van der Waals surface area contributed by atoms with E-state index in [0.29, 0.717) is 0 Å². The first kappa shape index (κ1) is 22.4. The van der Waals surface area contributed by atoms with Crippen molar-refractivity contribution in [3.05, 3.63) is 36.0 Å². The lowest BCUT2D eigenvalue weighted by Crippen LogP contribution is -1.64. The highest BCUT2D eigenvalue weighted by atomic mass is 13.8. The minimum Gasteiger partial charge on any atom is -0.0988 e. The van der Waals surface area contributed by atoms with Crippen LogP contribution in [0.15, 0.2) is 36.0 Å². The molecule has 0 aromatic carbocycles. The summed E-state index contributed by atoms with van der Waals surface area (Å²) in [6.07, 6.45) is 12.7. The normalized spacial score (nSPS) is 9.39. The van der Waals surface area contributed by atoms with E-state index in [1.54, 1.807) is 0 Å². The van der Waals surface area contributed by atoms with Crippen LogP contribution in [0.25, 0.3) is 0 Å². The Morgan fingerprint density at radius 2 is 1.22 bits per heavy atom. The molecule has 0 rings (SSSR count). The fourth-order valence-electron chi connectivity index (χ4n) is 0.720. The number of hydrogen-bond donors (Lipinski definition) is 0. The lowest BCUT2D eigenvalue weighted by Gasteiger charge is -1.86. The van der Waals surface area contributed by atoms with E-state index in [4.69, 9.17) is 0 Å². The SMILES string of the molecule is C=C/C(C)=C\C=C(C)C.CCCC.CCCCC. The third kappa shape index (κ3) is 36.2. The average molecular weight is 252 g/mol. The van der Waals surface area contributed by atoms with Crippen LogP contribution in [-0.2, 0) is 0 Å². The van der Waals surface area contributed by atoms with Crippen molar-refractivity contribution < 1.29 is 0 Å². The fourth-order valence-corrected chi connectivity index (χ4v) is 0.720. The van der Waals surface area contributed by atoms with E-state index in [1.165, 1.54) is 43.3 Å². The molecule has 0 unspecified atom stereocenters. The van der Waals surface area contributed by atoms with Crippen LogP contribution in [0.1, 0.15) is 80.6 Å². The van der Waals surface area contributed by atoms with Crippen LogP contribution in [0, 0.1) is 0 Å². The molecule has 0 heterocycles. The van der Waals surface area contributed by atoms with Crippen LogP contribution in [-0.4, -0.2) is 0 Å². The van der Waals surface area contributed by atoms with Gasteiger partial charge in [0.15, 0.2) is 0 Å². The van der Waals surface area contributed by atoms with Gasteiger partial charge in [-0.3, -0.25) is 0 Å². The Morgan fingerprint density at radius 1 is 0.778 bits per heavy atom. The summed E-state index contributed by atoms with van der Waals surface area (Å²) in [5.41, 5.74) is 2.52. The molecule has 0 aliphatic carbocycles. The molecule has 0 aliphatic heterocycles. The maximum Gasteiger partial charge on any atom is -0.0398 e. The topological polar surface area (TPSA) is 0 Å². The molecule has 0 heteroatoms. The Balaban J connectivity index is -0.000000212. The van der Waals surface area contributed by atoms with Crippen LogP contribution in [0.4, 0.5) is 0 Å². The van der Waals surface area contributed by atoms with Gasteiger partial charge in [-0.15, -0.1) is 0 Å². The monoisotopic (exact) mass is 252 g/mol. The highest BCUT2D eigenvalue weighted by Gasteiger charge is 1.74. The van der Waals surface area contributed by atoms with Crippen LogP contribution in [0.5, 0.6) is 0 Å². The summed E-state index contributed by atoms with van der Waals surface area (Å²) in [5, 5.41) is 0. The molecule has 0 saturated heterocycles. The average Bonchev–Trinajstić information content (AvgIpc) is 2.37. The van der Waals surface area contributed by atoms with Gasteiger partial charge in [0.05, 0.1) is 0 Å². The van der Waals surface area contributed by atoms with Gasteiger partial charge in [-0.05, 0) is 20.8 Å². The molecule has 108 valence electrons. The van der Waals surface area contributed by atoms with Gasteiger partial charge in [0.25, 0.3) is 0 Å². The van der Waals surface area contributed by atoms with Crippen LogP contribution in [0.2, 0.25) is 0 Å². The first-order valence-corrected chi connectivity index (χ1v) is 7.44. The van der Waals surface area contributed by atoms with E-state index in [0.717, 1.165) is 0 Å². The van der Waals surface area contributed by atoms with Gasteiger partial charge in [-0.1, -0.05) is 95.8 Å². The molecule has 0 bridgehead atoms. The third-order valence-electron chi connectivity index (χ3n) is 2.21. The van der Waals surface area contributed by atoms with E-state index in [1.807, 2.05) is 13.0 Å². The molecule has 18 heavy (non-hydrogen) atoms. The predicted molar refractivity (Wildman–Crippen MR) is 89.2 cm³/mol. The van der Waals surface area contributed by atoms with Gasteiger partial charge >= 0.3 is 0 Å². The molecule has 0 radical (unpaired) electrons. The minimum atomic E-state index is 1.20. The van der Waals surface area contributed by atoms with Gasteiger partial charge in [0.1, 0.15) is 0 Å². The Bertz CT molecular complexity index is 198. The molecule has 0 N–H and O–H groups in total. The van der Waals surface area contributed by atoms with Gasteiger partial charge < -0.3 is 0 Å². The molecule has 0 spiro atoms. The zero-order chi connectivity index (χ0) is 14.8. The molecule has 0 amide bonds. The summed E-state index contributed by atoms with van der Waals surface area (Å²) in [6, 6.07) is 0. The molecule has 0 nitrogen and oxygen atoms in total. The standard InChI is InChI=1S/C9H14.C5H12.C4H10/c1-5-9(4)7-6-8(2)3;1-3-5-4-2;1-3-4-2/h5-7H,1H2,2-4H3;3-5H2,1-2H3;3-4H2,1-2H3/b9-7-;;. The van der Waals surface area contributed by atoms with Crippen LogP contribution < -0.4 is 0 Å². The molecule has 0 aromatic rings. The summed E-state index contributed by atoms with van der Waals surface area (Å²) in [6.45, 7) is 18.6. The highest BCUT2D eigenvalue weighted by Crippen LogP contribution is 1.96. The molecule has 0 saturated carbocycles. The zero-order valence-electron chi connectivity index (χ0n) is 14.0. The summed E-state index contributed by atoms with van der Waals surface area (Å²) in [7, 11) is 0. The Hall–Kier alpha value is -0.780. The predicted octanol–water partition coefficient (Wildman–Crippen LogP) is 7.09. The van der Waals surface area contributed by atoms with Gasteiger partial charge in [-0.2, -0.15) is 0 Å². The fraction of sp³-hybridized carbons (Fsp3) is 0.667. The second-order valence-electron chi connectivity index (χ2n) is 4.71. The molecular weight excluding hydrogens is 216 g/mol. The summed E-state index contributed by atoms with van der Waals surface area (Å²) >= 11 is 0. The minimum absolute atomic E-state index is 1.20. The highest BCUT2D eigenvalue weighted by molar-refractivity contribution is 5.21. The van der Waals surface area contributed by atoms with Crippen molar-refractivity contribution in [1.82, 2.24) is 0 Å². The number of allylic oxidation sites excluding steroid dienone is 5. The zero-order valence-corrected chi connectivity index (χ0v) is 14.0. The van der Waals surface area contributed by atoms with E-state index in [2.05, 4.69) is 60.3 Å². The largest absolute Gasteiger partial charge is 0.0988 e. The maximum absolute atomic E-state index is 3.64. The van der Waals surface area contributed by atoms with Gasteiger partial charge in [-0.25, -0.2) is 0 Å². The first-order chi connectivity index (χ1) is 8.49. The summed E-state index contributed by atoms with van der Waals surface area (Å²) in [5.74, 6) is 0. The lowest BCUT2D eigenvalue weighted by molar-refractivity contribution is 0.772. The first-order valence-electron chi connectivity index (χ1n) is 7.44. The maximum atomic E-state index is 3.64.